The fourth-order valence-electron chi connectivity index (χ4n) is 1.86. The van der Waals surface area contributed by atoms with Gasteiger partial charge in [0, 0.05) is 6.42 Å². The Balaban J connectivity index is 2.23. The number of carbonyl (C=O) groups excluding carboxylic acids is 3. The van der Waals surface area contributed by atoms with Gasteiger partial charge >= 0.3 is 5.97 Å². The summed E-state index contributed by atoms with van der Waals surface area (Å²) in [5, 5.41) is 5.05. The van der Waals surface area contributed by atoms with E-state index in [0.717, 1.165) is 0 Å². The summed E-state index contributed by atoms with van der Waals surface area (Å²) in [4.78, 5) is 38.4. The quantitative estimate of drug-likeness (QED) is 0.510. The van der Waals surface area contributed by atoms with Gasteiger partial charge in [0.1, 0.15) is 17.4 Å². The van der Waals surface area contributed by atoms with Crippen LogP contribution in [0.15, 0.2) is 12.3 Å². The number of ether oxygens (including phenoxy) is 1. The number of amides is 2. The molecule has 8 heteroatoms. The number of carbonyl (C=O) groups is 3. The lowest BCUT2D eigenvalue weighted by molar-refractivity contribution is -0.133. The van der Waals surface area contributed by atoms with E-state index in [-0.39, 0.29) is 23.7 Å². The van der Waals surface area contributed by atoms with Crippen LogP contribution in [0.1, 0.15) is 23.2 Å². The van der Waals surface area contributed by atoms with E-state index in [1.165, 1.54) is 19.4 Å². The second-order valence-corrected chi connectivity index (χ2v) is 4.30. The van der Waals surface area contributed by atoms with E-state index in [9.17, 15) is 14.4 Å². The van der Waals surface area contributed by atoms with E-state index >= 15 is 0 Å². The first kappa shape index (κ1) is 13.8. The molecule has 0 bridgehead atoms. The number of esters is 1. The molecule has 0 saturated carbocycles. The van der Waals surface area contributed by atoms with Crippen molar-refractivity contribution < 1.29 is 19.1 Å². The first-order valence-corrected chi connectivity index (χ1v) is 5.95. The van der Waals surface area contributed by atoms with Gasteiger partial charge in [-0.05, 0) is 12.5 Å². The molecule has 1 aromatic heterocycles. The number of rotatable bonds is 3. The van der Waals surface area contributed by atoms with E-state index in [2.05, 4.69) is 20.4 Å². The van der Waals surface area contributed by atoms with Gasteiger partial charge in [0.15, 0.2) is 0 Å². The van der Waals surface area contributed by atoms with Crippen molar-refractivity contribution in [1.82, 2.24) is 10.3 Å². The summed E-state index contributed by atoms with van der Waals surface area (Å²) in [6.45, 7) is 0. The van der Waals surface area contributed by atoms with Gasteiger partial charge in [0.05, 0.1) is 19.0 Å². The highest BCUT2D eigenvalue weighted by Gasteiger charge is 2.28. The van der Waals surface area contributed by atoms with Gasteiger partial charge in [-0.25, -0.2) is 9.78 Å². The van der Waals surface area contributed by atoms with Crippen LogP contribution in [0.2, 0.25) is 0 Å². The summed E-state index contributed by atoms with van der Waals surface area (Å²) in [5.41, 5.74) is 6.02. The first-order valence-electron chi connectivity index (χ1n) is 5.95. The molecule has 0 aromatic carbocycles. The topological polar surface area (TPSA) is 123 Å². The fourth-order valence-corrected chi connectivity index (χ4v) is 1.86. The summed E-state index contributed by atoms with van der Waals surface area (Å²) >= 11 is 0. The second kappa shape index (κ2) is 5.55. The predicted octanol–water partition coefficient (Wildman–Crippen LogP) is -0.333. The molecule has 20 heavy (non-hydrogen) atoms. The largest absolute Gasteiger partial charge is 0.465 e. The van der Waals surface area contributed by atoms with Gasteiger partial charge in [0.2, 0.25) is 11.8 Å². The number of pyridine rings is 1. The van der Waals surface area contributed by atoms with Crippen LogP contribution in [0.25, 0.3) is 0 Å². The third-order valence-corrected chi connectivity index (χ3v) is 2.86. The lowest BCUT2D eigenvalue weighted by Gasteiger charge is -2.23. The molecule has 1 unspecified atom stereocenters. The Morgan fingerprint density at radius 2 is 2.30 bits per heavy atom. The highest BCUT2D eigenvalue weighted by molar-refractivity contribution is 6.02. The summed E-state index contributed by atoms with van der Waals surface area (Å²) in [5.74, 6) is -1.18. The van der Waals surface area contributed by atoms with Crippen molar-refractivity contribution >= 4 is 29.3 Å². The van der Waals surface area contributed by atoms with Crippen molar-refractivity contribution in [2.75, 3.05) is 18.2 Å². The number of hydrogen-bond acceptors (Lipinski definition) is 7. The SMILES string of the molecule is COC(=O)c1cc(N)cnc1NC1CCC(=O)NC1=O. The number of nitrogens with two attached hydrogens (primary N) is 1. The number of nitrogen functional groups attached to an aromatic ring is 1. The van der Waals surface area contributed by atoms with E-state index < -0.39 is 17.9 Å². The standard InChI is InChI=1S/C12H14N4O4/c1-20-12(19)7-4-6(13)5-14-10(7)15-8-2-3-9(17)16-11(8)18/h4-5,8H,2-3,13H2,1H3,(H,14,15)(H,16,17,18). The minimum Gasteiger partial charge on any atom is -0.465 e. The minimum absolute atomic E-state index is 0.136. The van der Waals surface area contributed by atoms with Crippen LogP contribution in [0.3, 0.4) is 0 Å². The number of anilines is 2. The maximum absolute atomic E-state index is 11.7. The molecule has 0 radical (unpaired) electrons. The number of piperidine rings is 1. The smallest absolute Gasteiger partial charge is 0.341 e. The molecule has 106 valence electrons. The van der Waals surface area contributed by atoms with Gasteiger partial charge in [0.25, 0.3) is 0 Å². The second-order valence-electron chi connectivity index (χ2n) is 4.30. The van der Waals surface area contributed by atoms with E-state index in [1.807, 2.05) is 0 Å². The van der Waals surface area contributed by atoms with Crippen LogP contribution >= 0.6 is 0 Å². The molecule has 1 aromatic rings. The zero-order valence-corrected chi connectivity index (χ0v) is 10.8. The Kier molecular flexibility index (Phi) is 3.83. The average Bonchev–Trinajstić information content (AvgIpc) is 2.42. The minimum atomic E-state index is -0.632. The maximum Gasteiger partial charge on any atom is 0.341 e. The molecule has 2 amide bonds. The van der Waals surface area contributed by atoms with Crippen molar-refractivity contribution in [2.45, 2.75) is 18.9 Å². The van der Waals surface area contributed by atoms with E-state index in [0.29, 0.717) is 12.1 Å². The maximum atomic E-state index is 11.7. The molecule has 8 nitrogen and oxygen atoms in total. The highest BCUT2D eigenvalue weighted by atomic mass is 16.5. The van der Waals surface area contributed by atoms with Crippen LogP contribution in [-0.4, -0.2) is 35.9 Å². The summed E-state index contributed by atoms with van der Waals surface area (Å²) < 4.78 is 4.64. The van der Waals surface area contributed by atoms with Gasteiger partial charge in [-0.15, -0.1) is 0 Å². The third kappa shape index (κ3) is 2.85. The van der Waals surface area contributed by atoms with Crippen LogP contribution in [0.4, 0.5) is 11.5 Å². The number of methoxy groups -OCH3 is 1. The number of nitrogens with one attached hydrogen (secondary N) is 2. The average molecular weight is 278 g/mol. The molecule has 1 saturated heterocycles. The predicted molar refractivity (Wildman–Crippen MR) is 69.8 cm³/mol. The van der Waals surface area contributed by atoms with Crippen molar-refractivity contribution in [1.29, 1.82) is 0 Å². The molecule has 2 heterocycles. The van der Waals surface area contributed by atoms with Gasteiger partial charge in [-0.2, -0.15) is 0 Å². The number of hydrogen-bond donors (Lipinski definition) is 3. The highest BCUT2D eigenvalue weighted by Crippen LogP contribution is 2.19. The molecule has 1 aliphatic rings. The molecule has 1 fully saturated rings. The number of aromatic nitrogens is 1. The van der Waals surface area contributed by atoms with Crippen LogP contribution < -0.4 is 16.4 Å². The molecular weight excluding hydrogens is 264 g/mol. The van der Waals surface area contributed by atoms with Gasteiger partial charge < -0.3 is 15.8 Å². The summed E-state index contributed by atoms with van der Waals surface area (Å²) in [7, 11) is 1.24. The monoisotopic (exact) mass is 278 g/mol. The van der Waals surface area contributed by atoms with E-state index in [1.54, 1.807) is 0 Å². The van der Waals surface area contributed by atoms with Crippen molar-refractivity contribution in [2.24, 2.45) is 0 Å². The lowest BCUT2D eigenvalue weighted by atomic mass is 10.1. The van der Waals surface area contributed by atoms with Crippen LogP contribution in [0.5, 0.6) is 0 Å². The molecule has 1 aliphatic heterocycles. The fraction of sp³-hybridized carbons (Fsp3) is 0.333. The first-order chi connectivity index (χ1) is 9.51. The molecule has 4 N–H and O–H groups in total. The Labute approximate surface area is 114 Å². The molecule has 1 atom stereocenters. The van der Waals surface area contributed by atoms with Gasteiger partial charge in [-0.3, -0.25) is 14.9 Å². The molecule has 0 spiro atoms. The zero-order valence-electron chi connectivity index (χ0n) is 10.8. The van der Waals surface area contributed by atoms with Gasteiger partial charge in [-0.1, -0.05) is 0 Å². The zero-order chi connectivity index (χ0) is 14.7. The molecular formula is C12H14N4O4. The Hall–Kier alpha value is -2.64. The summed E-state index contributed by atoms with van der Waals surface area (Å²) in [6, 6.07) is 0.778. The number of imide groups is 1. The lowest BCUT2D eigenvalue weighted by Crippen LogP contribution is -2.47. The summed E-state index contributed by atoms with van der Waals surface area (Å²) in [6.07, 6.45) is 1.92. The van der Waals surface area contributed by atoms with E-state index in [4.69, 9.17) is 5.73 Å². The molecule has 2 rings (SSSR count). The van der Waals surface area contributed by atoms with Crippen LogP contribution in [0, 0.1) is 0 Å². The number of nitrogens with zero attached hydrogens (tertiary/aromatic N) is 1. The molecule has 0 aliphatic carbocycles. The van der Waals surface area contributed by atoms with Crippen LogP contribution in [-0.2, 0) is 14.3 Å². The third-order valence-electron chi connectivity index (χ3n) is 2.86. The Morgan fingerprint density at radius 1 is 1.55 bits per heavy atom. The van der Waals surface area contributed by atoms with Crippen molar-refractivity contribution in [3.63, 3.8) is 0 Å². The Morgan fingerprint density at radius 3 is 2.95 bits per heavy atom. The normalized spacial score (nSPS) is 18.4. The van der Waals surface area contributed by atoms with Crippen molar-refractivity contribution in [3.8, 4) is 0 Å². The Bertz CT molecular complexity index is 573. The van der Waals surface area contributed by atoms with Crippen molar-refractivity contribution in [3.05, 3.63) is 17.8 Å².